The number of piperidine rings is 1. The number of benzene rings is 1. The Morgan fingerprint density at radius 3 is 2.39 bits per heavy atom. The summed E-state index contributed by atoms with van der Waals surface area (Å²) in [5.74, 6) is 0.118. The lowest BCUT2D eigenvalue weighted by Gasteiger charge is -2.45. The molecule has 1 aliphatic carbocycles. The summed E-state index contributed by atoms with van der Waals surface area (Å²) in [5, 5.41) is 7.80. The van der Waals surface area contributed by atoms with Crippen LogP contribution in [-0.4, -0.2) is 45.6 Å². The van der Waals surface area contributed by atoms with Crippen molar-refractivity contribution >= 4 is 23.4 Å². The molecule has 7 heteroatoms. The highest BCUT2D eigenvalue weighted by Gasteiger charge is 2.48. The van der Waals surface area contributed by atoms with E-state index in [1.807, 2.05) is 29.2 Å². The predicted molar refractivity (Wildman–Crippen MR) is 107 cm³/mol. The molecule has 2 aliphatic rings. The fraction of sp³-hybridized carbons (Fsp3) is 0.476. The van der Waals surface area contributed by atoms with Crippen LogP contribution in [0.15, 0.2) is 36.7 Å². The molecular formula is C21H25ClN4O2. The van der Waals surface area contributed by atoms with Gasteiger partial charge in [-0.3, -0.25) is 14.3 Å². The van der Waals surface area contributed by atoms with Crippen molar-refractivity contribution in [2.45, 2.75) is 43.6 Å². The van der Waals surface area contributed by atoms with Crippen LogP contribution in [0, 0.1) is 0 Å². The van der Waals surface area contributed by atoms with Crippen LogP contribution in [-0.2, 0) is 17.3 Å². The molecular weight excluding hydrogens is 376 g/mol. The minimum Gasteiger partial charge on any atom is -0.349 e. The van der Waals surface area contributed by atoms with Gasteiger partial charge in [0.1, 0.15) is 0 Å². The molecule has 2 amide bonds. The molecule has 2 aromatic rings. The smallest absolute Gasteiger partial charge is 0.254 e. The molecule has 1 aliphatic heterocycles. The number of carbonyl (C=O) groups is 2. The molecule has 1 saturated carbocycles. The Labute approximate surface area is 169 Å². The van der Waals surface area contributed by atoms with Crippen molar-refractivity contribution in [2.24, 2.45) is 7.05 Å². The Balaban J connectivity index is 1.37. The third kappa shape index (κ3) is 3.53. The van der Waals surface area contributed by atoms with Crippen molar-refractivity contribution in [1.29, 1.82) is 0 Å². The van der Waals surface area contributed by atoms with Crippen molar-refractivity contribution in [3.63, 3.8) is 0 Å². The normalized spacial score (nSPS) is 19.1. The lowest BCUT2D eigenvalue weighted by atomic mass is 9.63. The minimum atomic E-state index is -0.392. The molecule has 6 nitrogen and oxygen atoms in total. The zero-order valence-electron chi connectivity index (χ0n) is 16.0. The topological polar surface area (TPSA) is 67.2 Å². The van der Waals surface area contributed by atoms with Gasteiger partial charge in [-0.05, 0) is 43.4 Å². The molecule has 2 fully saturated rings. The van der Waals surface area contributed by atoms with Crippen LogP contribution >= 0.6 is 11.6 Å². The second kappa shape index (κ2) is 7.59. The van der Waals surface area contributed by atoms with E-state index >= 15 is 0 Å². The third-order valence-electron chi connectivity index (χ3n) is 6.10. The van der Waals surface area contributed by atoms with Gasteiger partial charge in [0.2, 0.25) is 5.91 Å². The molecule has 28 heavy (non-hydrogen) atoms. The Hall–Kier alpha value is -2.34. The van der Waals surface area contributed by atoms with Crippen molar-refractivity contribution in [1.82, 2.24) is 20.0 Å². The van der Waals surface area contributed by atoms with E-state index in [-0.39, 0.29) is 17.9 Å². The third-order valence-corrected chi connectivity index (χ3v) is 6.35. The lowest BCUT2D eigenvalue weighted by molar-refractivity contribution is -0.142. The lowest BCUT2D eigenvalue weighted by Crippen LogP contribution is -2.55. The van der Waals surface area contributed by atoms with Crippen molar-refractivity contribution < 1.29 is 9.59 Å². The highest BCUT2D eigenvalue weighted by atomic mass is 35.5. The molecule has 148 valence electrons. The number of hydrogen-bond donors (Lipinski definition) is 1. The number of rotatable bonds is 4. The predicted octanol–water partition coefficient (Wildman–Crippen LogP) is 2.92. The maximum absolute atomic E-state index is 13.3. The van der Waals surface area contributed by atoms with Gasteiger partial charge >= 0.3 is 0 Å². The van der Waals surface area contributed by atoms with Crippen molar-refractivity contribution in [3.8, 4) is 0 Å². The van der Waals surface area contributed by atoms with Gasteiger partial charge in [0, 0.05) is 37.4 Å². The first-order valence-corrected chi connectivity index (χ1v) is 10.2. The zero-order valence-corrected chi connectivity index (χ0v) is 16.8. The molecule has 2 heterocycles. The van der Waals surface area contributed by atoms with E-state index in [2.05, 4.69) is 10.4 Å². The van der Waals surface area contributed by atoms with E-state index in [0.29, 0.717) is 23.7 Å². The SMILES string of the molecule is Cn1cc(C(=O)NC2CCN(C(=O)C3(c4ccc(Cl)cc4)CCC3)CC2)cn1. The van der Waals surface area contributed by atoms with Gasteiger partial charge in [0.15, 0.2) is 0 Å². The summed E-state index contributed by atoms with van der Waals surface area (Å²) < 4.78 is 1.62. The van der Waals surface area contributed by atoms with Gasteiger partial charge in [-0.25, -0.2) is 0 Å². The highest BCUT2D eigenvalue weighted by Crippen LogP contribution is 2.45. The first-order valence-electron chi connectivity index (χ1n) is 9.83. The average molecular weight is 401 g/mol. The van der Waals surface area contributed by atoms with E-state index in [4.69, 9.17) is 11.6 Å². The summed E-state index contributed by atoms with van der Waals surface area (Å²) in [7, 11) is 1.79. The fourth-order valence-corrected chi connectivity index (χ4v) is 4.39. The minimum absolute atomic E-state index is 0.0876. The number of halogens is 1. The fourth-order valence-electron chi connectivity index (χ4n) is 4.26. The second-order valence-corrected chi connectivity index (χ2v) is 8.32. The Morgan fingerprint density at radius 2 is 1.86 bits per heavy atom. The van der Waals surface area contributed by atoms with E-state index in [9.17, 15) is 9.59 Å². The van der Waals surface area contributed by atoms with Crippen LogP contribution in [0.25, 0.3) is 0 Å². The molecule has 0 spiro atoms. The molecule has 1 saturated heterocycles. The van der Waals surface area contributed by atoms with E-state index in [0.717, 1.165) is 37.7 Å². The molecule has 0 atom stereocenters. The summed E-state index contributed by atoms with van der Waals surface area (Å²) in [4.78, 5) is 27.6. The summed E-state index contributed by atoms with van der Waals surface area (Å²) >= 11 is 6.02. The highest BCUT2D eigenvalue weighted by molar-refractivity contribution is 6.30. The van der Waals surface area contributed by atoms with E-state index in [1.54, 1.807) is 24.1 Å². The maximum Gasteiger partial charge on any atom is 0.254 e. The summed E-state index contributed by atoms with van der Waals surface area (Å²) in [6.45, 7) is 1.35. The first-order chi connectivity index (χ1) is 13.5. The van der Waals surface area contributed by atoms with Crippen LogP contribution in [0.3, 0.4) is 0 Å². The maximum atomic E-state index is 13.3. The van der Waals surface area contributed by atoms with Crippen molar-refractivity contribution in [2.75, 3.05) is 13.1 Å². The molecule has 1 aromatic heterocycles. The molecule has 0 unspecified atom stereocenters. The molecule has 1 aromatic carbocycles. The Bertz CT molecular complexity index is 865. The Morgan fingerprint density at radius 1 is 1.18 bits per heavy atom. The van der Waals surface area contributed by atoms with Gasteiger partial charge in [0.05, 0.1) is 17.2 Å². The number of hydrogen-bond acceptors (Lipinski definition) is 3. The van der Waals surface area contributed by atoms with Crippen LogP contribution in [0.4, 0.5) is 0 Å². The first kappa shape index (κ1) is 19.0. The number of amides is 2. The second-order valence-electron chi connectivity index (χ2n) is 7.89. The van der Waals surface area contributed by atoms with Crippen molar-refractivity contribution in [3.05, 3.63) is 52.8 Å². The Kier molecular flexibility index (Phi) is 5.15. The quantitative estimate of drug-likeness (QED) is 0.858. The summed E-state index contributed by atoms with van der Waals surface area (Å²) in [6, 6.07) is 7.79. The summed E-state index contributed by atoms with van der Waals surface area (Å²) in [6.07, 6.45) is 7.69. The molecule has 0 radical (unpaired) electrons. The molecule has 0 bridgehead atoms. The van der Waals surface area contributed by atoms with Gasteiger partial charge in [-0.2, -0.15) is 5.10 Å². The number of carbonyl (C=O) groups excluding carboxylic acids is 2. The van der Waals surface area contributed by atoms with Gasteiger partial charge in [-0.1, -0.05) is 30.2 Å². The molecule has 1 N–H and O–H groups in total. The van der Waals surface area contributed by atoms with Crippen LogP contribution < -0.4 is 5.32 Å². The molecule has 4 rings (SSSR count). The zero-order chi connectivity index (χ0) is 19.7. The van der Waals surface area contributed by atoms with E-state index in [1.165, 1.54) is 0 Å². The van der Waals surface area contributed by atoms with E-state index < -0.39 is 5.41 Å². The van der Waals surface area contributed by atoms with Crippen LogP contribution in [0.5, 0.6) is 0 Å². The number of aromatic nitrogens is 2. The summed E-state index contributed by atoms with van der Waals surface area (Å²) in [5.41, 5.74) is 1.24. The van der Waals surface area contributed by atoms with Gasteiger partial charge in [0.25, 0.3) is 5.91 Å². The average Bonchev–Trinajstić information content (AvgIpc) is 3.09. The van der Waals surface area contributed by atoms with Crippen LogP contribution in [0.2, 0.25) is 5.02 Å². The largest absolute Gasteiger partial charge is 0.349 e. The van der Waals surface area contributed by atoms with Gasteiger partial charge in [-0.15, -0.1) is 0 Å². The number of nitrogens with zero attached hydrogens (tertiary/aromatic N) is 3. The van der Waals surface area contributed by atoms with Gasteiger partial charge < -0.3 is 10.2 Å². The number of nitrogens with one attached hydrogen (secondary N) is 1. The number of likely N-dealkylation sites (tertiary alicyclic amines) is 1. The monoisotopic (exact) mass is 400 g/mol. The van der Waals surface area contributed by atoms with Crippen LogP contribution in [0.1, 0.15) is 48.0 Å². The number of aryl methyl sites for hydroxylation is 1. The standard InChI is InChI=1S/C21H25ClN4O2/c1-25-14-15(13-23-25)19(27)24-18-7-11-26(12-8-18)20(28)21(9-2-10-21)16-3-5-17(22)6-4-16/h3-6,13-14,18H,2,7-12H2,1H3,(H,24,27).